The van der Waals surface area contributed by atoms with E-state index >= 15 is 0 Å². The van der Waals surface area contributed by atoms with Crippen molar-refractivity contribution in [2.24, 2.45) is 11.5 Å². The molecule has 6 heteroatoms. The minimum absolute atomic E-state index is 0.00426. The van der Waals surface area contributed by atoms with Crippen LogP contribution in [0.2, 0.25) is 0 Å². The summed E-state index contributed by atoms with van der Waals surface area (Å²) in [6.45, 7) is 0.822. The number of carbonyl (C=O) groups excluding carboxylic acids is 1. The highest BCUT2D eigenvalue weighted by Crippen LogP contribution is 1.91. The Morgan fingerprint density at radius 2 is 2.29 bits per heavy atom. The van der Waals surface area contributed by atoms with Gasteiger partial charge in [0.15, 0.2) is 0 Å². The lowest BCUT2D eigenvalue weighted by Gasteiger charge is -2.18. The van der Waals surface area contributed by atoms with E-state index in [9.17, 15) is 4.79 Å². The highest BCUT2D eigenvalue weighted by atomic mass is 16.5. The monoisotopic (exact) mass is 205 g/mol. The van der Waals surface area contributed by atoms with Gasteiger partial charge in [-0.15, -0.1) is 0 Å². The molecule has 0 aliphatic heterocycles. The number of aliphatic hydroxyl groups excluding tert-OH is 1. The summed E-state index contributed by atoms with van der Waals surface area (Å²) in [6.07, 6.45) is 0.555. The number of primary amides is 1. The lowest BCUT2D eigenvalue weighted by Crippen LogP contribution is -2.48. The maximum Gasteiger partial charge on any atom is 0.235 e. The van der Waals surface area contributed by atoms with Crippen LogP contribution in [0.5, 0.6) is 0 Å². The molecule has 0 aliphatic rings. The summed E-state index contributed by atoms with van der Waals surface area (Å²) in [5.74, 6) is -0.544. The summed E-state index contributed by atoms with van der Waals surface area (Å²) in [6, 6.07) is -0.705. The Kier molecular flexibility index (Phi) is 7.31. The fraction of sp³-hybridized carbons (Fsp3) is 0.875. The molecule has 6 N–H and O–H groups in total. The number of hydrogen-bond donors (Lipinski definition) is 4. The van der Waals surface area contributed by atoms with E-state index in [1.807, 2.05) is 0 Å². The second kappa shape index (κ2) is 7.69. The van der Waals surface area contributed by atoms with Gasteiger partial charge in [0.2, 0.25) is 5.91 Å². The normalized spacial score (nSPS) is 15.1. The van der Waals surface area contributed by atoms with Crippen molar-refractivity contribution in [3.8, 4) is 0 Å². The molecule has 0 aromatic rings. The van der Waals surface area contributed by atoms with Crippen LogP contribution in [-0.2, 0) is 9.53 Å². The molecule has 0 saturated heterocycles. The second-order valence-electron chi connectivity index (χ2n) is 3.08. The molecule has 0 rings (SSSR count). The molecule has 6 nitrogen and oxygen atoms in total. The first-order valence-corrected chi connectivity index (χ1v) is 4.49. The predicted molar refractivity (Wildman–Crippen MR) is 52.5 cm³/mol. The van der Waals surface area contributed by atoms with E-state index in [1.165, 1.54) is 0 Å². The third-order valence-electron chi connectivity index (χ3n) is 1.84. The lowest BCUT2D eigenvalue weighted by atomic mass is 10.2. The zero-order valence-electron chi connectivity index (χ0n) is 8.40. The van der Waals surface area contributed by atoms with Crippen molar-refractivity contribution in [1.82, 2.24) is 5.32 Å². The molecule has 1 amide bonds. The van der Waals surface area contributed by atoms with Gasteiger partial charge in [-0.25, -0.2) is 0 Å². The summed E-state index contributed by atoms with van der Waals surface area (Å²) < 4.78 is 4.92. The first kappa shape index (κ1) is 13.3. The summed E-state index contributed by atoms with van der Waals surface area (Å²) >= 11 is 0. The van der Waals surface area contributed by atoms with Gasteiger partial charge in [-0.05, 0) is 6.42 Å². The van der Waals surface area contributed by atoms with Gasteiger partial charge < -0.3 is 26.6 Å². The van der Waals surface area contributed by atoms with Crippen molar-refractivity contribution in [3.05, 3.63) is 0 Å². The summed E-state index contributed by atoms with van der Waals surface area (Å²) in [5.41, 5.74) is 10.4. The smallest absolute Gasteiger partial charge is 0.235 e. The molecule has 0 bridgehead atoms. The lowest BCUT2D eigenvalue weighted by molar-refractivity contribution is -0.119. The Labute approximate surface area is 83.6 Å². The van der Waals surface area contributed by atoms with E-state index < -0.39 is 11.9 Å². The molecule has 84 valence electrons. The van der Waals surface area contributed by atoms with Gasteiger partial charge in [0.1, 0.15) is 0 Å². The van der Waals surface area contributed by atoms with Gasteiger partial charge in [0, 0.05) is 26.3 Å². The van der Waals surface area contributed by atoms with Crippen molar-refractivity contribution in [2.45, 2.75) is 18.5 Å². The van der Waals surface area contributed by atoms with Gasteiger partial charge in [-0.1, -0.05) is 0 Å². The number of hydrogen-bond acceptors (Lipinski definition) is 5. The molecular weight excluding hydrogens is 186 g/mol. The molecule has 0 radical (unpaired) electrons. The van der Waals surface area contributed by atoms with E-state index in [0.29, 0.717) is 19.6 Å². The maximum atomic E-state index is 10.6. The summed E-state index contributed by atoms with van der Waals surface area (Å²) in [7, 11) is 1.57. The van der Waals surface area contributed by atoms with Crippen molar-refractivity contribution < 1.29 is 14.6 Å². The average molecular weight is 205 g/mol. The van der Waals surface area contributed by atoms with E-state index in [2.05, 4.69) is 5.32 Å². The second-order valence-corrected chi connectivity index (χ2v) is 3.08. The molecule has 0 aliphatic carbocycles. The Balaban J connectivity index is 3.74. The Bertz CT molecular complexity index is 160. The molecule has 0 aromatic carbocycles. The van der Waals surface area contributed by atoms with E-state index in [0.717, 1.165) is 0 Å². The minimum atomic E-state index is -0.701. The average Bonchev–Trinajstić information content (AvgIpc) is 2.14. The van der Waals surface area contributed by atoms with Crippen LogP contribution in [0.25, 0.3) is 0 Å². The Morgan fingerprint density at radius 3 is 2.71 bits per heavy atom. The fourth-order valence-electron chi connectivity index (χ4n) is 0.996. The topological polar surface area (TPSA) is 111 Å². The predicted octanol–water partition coefficient (Wildman–Crippen LogP) is -2.21. The molecular formula is C8H19N3O3. The first-order valence-electron chi connectivity index (χ1n) is 4.49. The number of ether oxygens (including phenoxy) is 1. The van der Waals surface area contributed by atoms with Gasteiger partial charge >= 0.3 is 0 Å². The highest BCUT2D eigenvalue weighted by Gasteiger charge is 2.12. The summed E-state index contributed by atoms with van der Waals surface area (Å²) in [5, 5.41) is 11.7. The SMILES string of the molecule is COCC(CCO)NCC(N)C(N)=O. The van der Waals surface area contributed by atoms with Crippen molar-refractivity contribution >= 4 is 5.91 Å². The van der Waals surface area contributed by atoms with E-state index in [1.54, 1.807) is 7.11 Å². The van der Waals surface area contributed by atoms with Gasteiger partial charge in [-0.3, -0.25) is 4.79 Å². The standard InChI is InChI=1S/C8H19N3O3/c1-14-5-6(2-3-12)11-4-7(9)8(10)13/h6-7,11-12H,2-5,9H2,1H3,(H2,10,13). The van der Waals surface area contributed by atoms with Crippen LogP contribution in [-0.4, -0.2) is 50.0 Å². The number of amides is 1. The molecule has 14 heavy (non-hydrogen) atoms. The van der Waals surface area contributed by atoms with Gasteiger partial charge in [-0.2, -0.15) is 0 Å². The molecule has 2 atom stereocenters. The molecule has 0 spiro atoms. The molecule has 2 unspecified atom stereocenters. The number of rotatable bonds is 8. The van der Waals surface area contributed by atoms with Crippen LogP contribution in [0, 0.1) is 0 Å². The fourth-order valence-corrected chi connectivity index (χ4v) is 0.996. The zero-order chi connectivity index (χ0) is 11.0. The Hall–Kier alpha value is -0.690. The highest BCUT2D eigenvalue weighted by molar-refractivity contribution is 5.79. The quantitative estimate of drug-likeness (QED) is 0.359. The van der Waals surface area contributed by atoms with Gasteiger partial charge in [0.25, 0.3) is 0 Å². The number of methoxy groups -OCH3 is 1. The van der Waals surface area contributed by atoms with Gasteiger partial charge in [0.05, 0.1) is 12.6 Å². The summed E-state index contributed by atoms with van der Waals surface area (Å²) in [4.78, 5) is 10.6. The van der Waals surface area contributed by atoms with Crippen LogP contribution in [0.1, 0.15) is 6.42 Å². The number of nitrogens with one attached hydrogen (secondary N) is 1. The first-order chi connectivity index (χ1) is 6.61. The van der Waals surface area contributed by atoms with E-state index in [4.69, 9.17) is 21.3 Å². The zero-order valence-corrected chi connectivity index (χ0v) is 8.40. The van der Waals surface area contributed by atoms with Crippen LogP contribution in [0.4, 0.5) is 0 Å². The molecule has 0 saturated carbocycles. The maximum absolute atomic E-state index is 10.6. The third kappa shape index (κ3) is 5.87. The number of nitrogens with two attached hydrogens (primary N) is 2. The largest absolute Gasteiger partial charge is 0.396 e. The van der Waals surface area contributed by atoms with Crippen molar-refractivity contribution in [1.29, 1.82) is 0 Å². The molecule has 0 aromatic heterocycles. The van der Waals surface area contributed by atoms with Crippen molar-refractivity contribution in [2.75, 3.05) is 26.9 Å². The van der Waals surface area contributed by atoms with E-state index in [-0.39, 0.29) is 12.6 Å². The van der Waals surface area contributed by atoms with Crippen LogP contribution >= 0.6 is 0 Å². The molecule has 0 heterocycles. The van der Waals surface area contributed by atoms with Crippen LogP contribution < -0.4 is 16.8 Å². The minimum Gasteiger partial charge on any atom is -0.396 e. The van der Waals surface area contributed by atoms with Crippen molar-refractivity contribution in [3.63, 3.8) is 0 Å². The number of carbonyl (C=O) groups is 1. The van der Waals surface area contributed by atoms with Crippen LogP contribution in [0.3, 0.4) is 0 Å². The Morgan fingerprint density at radius 1 is 1.64 bits per heavy atom. The molecule has 0 fully saturated rings. The van der Waals surface area contributed by atoms with Crippen LogP contribution in [0.15, 0.2) is 0 Å². The third-order valence-corrected chi connectivity index (χ3v) is 1.84. The number of aliphatic hydroxyl groups is 1.